The van der Waals surface area contributed by atoms with E-state index < -0.39 is 0 Å². The van der Waals surface area contributed by atoms with Crippen molar-refractivity contribution in [2.45, 2.75) is 76.7 Å². The van der Waals surface area contributed by atoms with Crippen molar-refractivity contribution < 1.29 is 4.79 Å². The van der Waals surface area contributed by atoms with Crippen LogP contribution >= 0.6 is 0 Å². The lowest BCUT2D eigenvalue weighted by Crippen LogP contribution is -2.32. The quantitative estimate of drug-likeness (QED) is 0.584. The highest BCUT2D eigenvalue weighted by Crippen LogP contribution is 2.38. The third-order valence-corrected chi connectivity index (χ3v) is 7.50. The second-order valence-electron chi connectivity index (χ2n) is 9.65. The molecule has 3 heterocycles. The molecule has 2 fully saturated rings. The molecule has 5 rings (SSSR count). The maximum Gasteiger partial charge on any atom is 0.227 e. The Morgan fingerprint density at radius 1 is 1.16 bits per heavy atom. The van der Waals surface area contributed by atoms with E-state index in [1.165, 1.54) is 32.1 Å². The summed E-state index contributed by atoms with van der Waals surface area (Å²) in [6, 6.07) is 4.69. The van der Waals surface area contributed by atoms with Crippen molar-refractivity contribution in [3.63, 3.8) is 0 Å². The van der Waals surface area contributed by atoms with Gasteiger partial charge < -0.3 is 14.9 Å². The number of H-pyrrole nitrogens is 1. The molecule has 0 bridgehead atoms. The van der Waals surface area contributed by atoms with Gasteiger partial charge in [0.2, 0.25) is 5.91 Å². The van der Waals surface area contributed by atoms with E-state index in [9.17, 15) is 4.79 Å². The number of pyridine rings is 1. The molecule has 0 atom stereocenters. The summed E-state index contributed by atoms with van der Waals surface area (Å²) >= 11 is 0. The summed E-state index contributed by atoms with van der Waals surface area (Å²) in [5, 5.41) is 13.3. The van der Waals surface area contributed by atoms with Crippen LogP contribution in [0.1, 0.15) is 76.1 Å². The molecule has 3 aromatic rings. The molecular formula is C25H32N6O. The Kier molecular flexibility index (Phi) is 6.11. The number of hydrogen-bond acceptors (Lipinski definition) is 4. The van der Waals surface area contributed by atoms with Crippen molar-refractivity contribution in [1.29, 1.82) is 5.26 Å². The summed E-state index contributed by atoms with van der Waals surface area (Å²) < 4.78 is 2.32. The second-order valence-corrected chi connectivity index (χ2v) is 9.65. The van der Waals surface area contributed by atoms with E-state index in [2.05, 4.69) is 32.0 Å². The Morgan fingerprint density at radius 2 is 1.97 bits per heavy atom. The summed E-state index contributed by atoms with van der Waals surface area (Å²) in [6.07, 6.45) is 15.1. The third kappa shape index (κ3) is 4.23. The van der Waals surface area contributed by atoms with Gasteiger partial charge in [0.1, 0.15) is 17.0 Å². The molecule has 0 unspecified atom stereocenters. The fourth-order valence-electron chi connectivity index (χ4n) is 5.75. The zero-order valence-corrected chi connectivity index (χ0v) is 18.6. The predicted molar refractivity (Wildman–Crippen MR) is 124 cm³/mol. The lowest BCUT2D eigenvalue weighted by Gasteiger charge is -2.30. The van der Waals surface area contributed by atoms with E-state index in [0.29, 0.717) is 30.7 Å². The number of imidazole rings is 1. The first-order chi connectivity index (χ1) is 15.7. The van der Waals surface area contributed by atoms with Gasteiger partial charge >= 0.3 is 0 Å². The van der Waals surface area contributed by atoms with Gasteiger partial charge in [0.05, 0.1) is 24.2 Å². The van der Waals surface area contributed by atoms with Crippen molar-refractivity contribution in [2.75, 3.05) is 6.54 Å². The molecule has 3 aromatic heterocycles. The number of nitrogens with one attached hydrogen (secondary N) is 2. The van der Waals surface area contributed by atoms with E-state index in [1.54, 1.807) is 0 Å². The molecule has 32 heavy (non-hydrogen) atoms. The Balaban J connectivity index is 1.41. The largest absolute Gasteiger partial charge is 0.355 e. The Hall–Kier alpha value is -2.88. The molecule has 168 valence electrons. The Bertz CT molecular complexity index is 1120. The highest BCUT2D eigenvalue weighted by molar-refractivity contribution is 6.01. The molecule has 2 aliphatic rings. The monoisotopic (exact) mass is 432 g/mol. The minimum Gasteiger partial charge on any atom is -0.355 e. The van der Waals surface area contributed by atoms with Gasteiger partial charge in [-0.05, 0) is 56.4 Å². The highest BCUT2D eigenvalue weighted by atomic mass is 16.1. The van der Waals surface area contributed by atoms with E-state index in [-0.39, 0.29) is 5.91 Å². The van der Waals surface area contributed by atoms with Crippen LogP contribution in [-0.4, -0.2) is 32.0 Å². The smallest absolute Gasteiger partial charge is 0.227 e. The number of hydrogen-bond donors (Lipinski definition) is 2. The van der Waals surface area contributed by atoms with Crippen LogP contribution in [0.3, 0.4) is 0 Å². The van der Waals surface area contributed by atoms with Crippen LogP contribution in [0.2, 0.25) is 0 Å². The summed E-state index contributed by atoms with van der Waals surface area (Å²) in [7, 11) is 0. The molecule has 1 amide bonds. The number of aromatic amines is 1. The third-order valence-electron chi connectivity index (χ3n) is 7.50. The number of nitrogens with zero attached hydrogens (tertiary/aromatic N) is 4. The average Bonchev–Trinajstić information content (AvgIpc) is 3.43. The molecule has 0 aliphatic heterocycles. The van der Waals surface area contributed by atoms with E-state index in [1.807, 2.05) is 12.4 Å². The van der Waals surface area contributed by atoms with Gasteiger partial charge in [0.15, 0.2) is 0 Å². The van der Waals surface area contributed by atoms with E-state index >= 15 is 0 Å². The minimum absolute atomic E-state index is 0.0589. The summed E-state index contributed by atoms with van der Waals surface area (Å²) in [6.45, 7) is 0.780. The zero-order valence-electron chi connectivity index (χ0n) is 18.6. The normalized spacial score (nSPS) is 22.2. The van der Waals surface area contributed by atoms with Gasteiger partial charge in [0.25, 0.3) is 0 Å². The first kappa shape index (κ1) is 21.0. The zero-order chi connectivity index (χ0) is 21.9. The van der Waals surface area contributed by atoms with Crippen LogP contribution in [0.5, 0.6) is 0 Å². The number of amides is 1. The van der Waals surface area contributed by atoms with Crippen molar-refractivity contribution in [3.05, 3.63) is 24.3 Å². The summed E-state index contributed by atoms with van der Waals surface area (Å²) in [4.78, 5) is 25.5. The molecule has 0 spiro atoms. The summed E-state index contributed by atoms with van der Waals surface area (Å²) in [5.74, 6) is 2.00. The van der Waals surface area contributed by atoms with Gasteiger partial charge in [-0.3, -0.25) is 4.79 Å². The molecule has 2 aliphatic carbocycles. The number of nitriles is 1. The van der Waals surface area contributed by atoms with Gasteiger partial charge in [-0.2, -0.15) is 5.26 Å². The highest BCUT2D eigenvalue weighted by Gasteiger charge is 2.27. The first-order valence-corrected chi connectivity index (χ1v) is 12.2. The van der Waals surface area contributed by atoms with Crippen LogP contribution in [0, 0.1) is 23.2 Å². The van der Waals surface area contributed by atoms with Crippen LogP contribution in [-0.2, 0) is 11.2 Å². The molecule has 0 aromatic carbocycles. The molecule has 2 saturated carbocycles. The van der Waals surface area contributed by atoms with E-state index in [4.69, 9.17) is 10.2 Å². The Labute approximate surface area is 188 Å². The van der Waals surface area contributed by atoms with Crippen molar-refractivity contribution >= 4 is 28.0 Å². The van der Waals surface area contributed by atoms with Crippen LogP contribution in [0.25, 0.3) is 22.1 Å². The topological polar surface area (TPSA) is 99.4 Å². The predicted octanol–water partition coefficient (Wildman–Crippen LogP) is 4.80. The minimum atomic E-state index is 0.0589. The van der Waals surface area contributed by atoms with Gasteiger partial charge in [-0.1, -0.05) is 19.3 Å². The fourth-order valence-corrected chi connectivity index (χ4v) is 5.75. The summed E-state index contributed by atoms with van der Waals surface area (Å²) in [5.41, 5.74) is 2.78. The SMILES string of the molecule is N#CC[C@H]1CC[C@H](n2c(CC(=O)NCC3CCCCC3)nc3cnc4[nH]ccc4c32)CC1. The van der Waals surface area contributed by atoms with Crippen molar-refractivity contribution in [2.24, 2.45) is 11.8 Å². The number of carbonyl (C=O) groups excluding carboxylic acids is 1. The van der Waals surface area contributed by atoms with E-state index in [0.717, 1.165) is 60.1 Å². The maximum atomic E-state index is 12.9. The van der Waals surface area contributed by atoms with Gasteiger partial charge in [-0.15, -0.1) is 0 Å². The van der Waals surface area contributed by atoms with Crippen LogP contribution in [0.4, 0.5) is 0 Å². The lowest BCUT2D eigenvalue weighted by atomic mass is 9.84. The molecule has 2 N–H and O–H groups in total. The average molecular weight is 433 g/mol. The molecule has 7 heteroatoms. The van der Waals surface area contributed by atoms with Gasteiger partial charge in [-0.25, -0.2) is 9.97 Å². The van der Waals surface area contributed by atoms with Crippen LogP contribution in [0.15, 0.2) is 18.5 Å². The molecule has 0 saturated heterocycles. The molecule has 7 nitrogen and oxygen atoms in total. The first-order valence-electron chi connectivity index (χ1n) is 12.2. The van der Waals surface area contributed by atoms with Gasteiger partial charge in [0, 0.05) is 30.6 Å². The number of fused-ring (bicyclic) bond motifs is 3. The van der Waals surface area contributed by atoms with Crippen molar-refractivity contribution in [3.8, 4) is 6.07 Å². The number of rotatable bonds is 6. The lowest BCUT2D eigenvalue weighted by molar-refractivity contribution is -0.120. The number of carbonyl (C=O) groups is 1. The Morgan fingerprint density at radius 3 is 2.75 bits per heavy atom. The number of aromatic nitrogens is 4. The van der Waals surface area contributed by atoms with Crippen LogP contribution < -0.4 is 5.32 Å². The fraction of sp³-hybridized carbons (Fsp3) is 0.600. The molecule has 0 radical (unpaired) electrons. The maximum absolute atomic E-state index is 12.9. The molecular weight excluding hydrogens is 400 g/mol. The second kappa shape index (κ2) is 9.32. The standard InChI is InChI=1S/C25H32N6O/c26-12-10-17-6-8-19(9-7-17)31-22(14-23(32)28-15-18-4-2-1-3-5-18)30-21-16-29-25-20(24(21)31)11-13-27-25/h11,13,16-19H,1-10,14-15H2,(H,27,29)(H,28,32)/t17-,19-. The van der Waals surface area contributed by atoms with Crippen molar-refractivity contribution in [1.82, 2.24) is 24.8 Å².